The summed E-state index contributed by atoms with van der Waals surface area (Å²) in [5.74, 6) is 0.207. The molecule has 1 unspecified atom stereocenters. The van der Waals surface area contributed by atoms with Crippen LogP contribution in [0.4, 0.5) is 0 Å². The minimum absolute atomic E-state index is 0. The van der Waals surface area contributed by atoms with Crippen LogP contribution in [0.1, 0.15) is 37.7 Å². The fraction of sp³-hybridized carbons (Fsp3) is 0.667. The van der Waals surface area contributed by atoms with Gasteiger partial charge in [-0.3, -0.25) is 9.69 Å². The molecule has 2 saturated heterocycles. The van der Waals surface area contributed by atoms with Crippen molar-refractivity contribution in [2.24, 2.45) is 0 Å². The number of carbonyl (C=O) groups is 1. The van der Waals surface area contributed by atoms with Crippen molar-refractivity contribution in [1.82, 2.24) is 20.4 Å². The first kappa shape index (κ1) is 28.4. The molecule has 0 aromatic heterocycles. The second-order valence-electron chi connectivity index (χ2n) is 7.66. The number of piperazine rings is 1. The molecule has 3 rings (SSSR count). The van der Waals surface area contributed by atoms with Gasteiger partial charge in [-0.05, 0) is 44.3 Å². The van der Waals surface area contributed by atoms with Crippen LogP contribution in [0.25, 0.3) is 0 Å². The normalized spacial score (nSPS) is 19.5. The molecule has 0 saturated carbocycles. The Morgan fingerprint density at radius 2 is 1.69 bits per heavy atom. The molecule has 1 atom stereocenters. The predicted molar refractivity (Wildman–Crippen MR) is 128 cm³/mol. The lowest BCUT2D eigenvalue weighted by atomic mass is 10.1. The largest absolute Gasteiger partial charge is 0.356 e. The number of nitrogens with zero attached hydrogens (tertiary/aromatic N) is 2. The second-order valence-corrected chi connectivity index (χ2v) is 7.66. The highest BCUT2D eigenvalue weighted by molar-refractivity contribution is 5.86. The number of halogens is 3. The first-order valence-electron chi connectivity index (χ1n) is 10.3. The van der Waals surface area contributed by atoms with Gasteiger partial charge in [0.1, 0.15) is 0 Å². The number of nitrogens with one attached hydrogen (secondary N) is 2. The Morgan fingerprint density at radius 3 is 2.34 bits per heavy atom. The van der Waals surface area contributed by atoms with Crippen LogP contribution in [-0.4, -0.2) is 67.6 Å². The van der Waals surface area contributed by atoms with Crippen molar-refractivity contribution in [3.8, 4) is 0 Å². The van der Waals surface area contributed by atoms with Crippen LogP contribution in [0.3, 0.4) is 0 Å². The van der Waals surface area contributed by atoms with E-state index in [1.54, 1.807) is 0 Å². The average molecular weight is 468 g/mol. The van der Waals surface area contributed by atoms with Crippen molar-refractivity contribution in [3.63, 3.8) is 0 Å². The third-order valence-electron chi connectivity index (χ3n) is 5.53. The standard InChI is InChI=1S/C21H34N4O.3ClH/c26-21(17-20-9-6-11-22-20)23-10-4-5-12-24-13-15-25(16-14-24)18-19-7-2-1-3-8-19;;;/h1-3,7-8,20,22H,4-6,9-18H2,(H,23,26);3*1H. The molecule has 29 heavy (non-hydrogen) atoms. The monoisotopic (exact) mass is 466 g/mol. The van der Waals surface area contributed by atoms with Gasteiger partial charge in [-0.25, -0.2) is 0 Å². The van der Waals surface area contributed by atoms with Gasteiger partial charge in [0.25, 0.3) is 0 Å². The first-order chi connectivity index (χ1) is 12.8. The van der Waals surface area contributed by atoms with E-state index < -0.39 is 0 Å². The lowest BCUT2D eigenvalue weighted by molar-refractivity contribution is -0.121. The van der Waals surface area contributed by atoms with Gasteiger partial charge in [-0.2, -0.15) is 0 Å². The van der Waals surface area contributed by atoms with E-state index in [9.17, 15) is 4.79 Å². The van der Waals surface area contributed by atoms with E-state index in [-0.39, 0.29) is 43.1 Å². The molecule has 2 heterocycles. The quantitative estimate of drug-likeness (QED) is 0.548. The number of carbonyl (C=O) groups excluding carboxylic acids is 1. The molecule has 2 aliphatic heterocycles. The number of benzene rings is 1. The van der Waals surface area contributed by atoms with Gasteiger partial charge >= 0.3 is 0 Å². The summed E-state index contributed by atoms with van der Waals surface area (Å²) in [5, 5.41) is 6.46. The highest BCUT2D eigenvalue weighted by Gasteiger charge is 2.18. The molecular formula is C21H37Cl3N4O. The second kappa shape index (κ2) is 16.2. The summed E-state index contributed by atoms with van der Waals surface area (Å²) >= 11 is 0. The summed E-state index contributed by atoms with van der Waals surface area (Å²) in [5.41, 5.74) is 1.41. The van der Waals surface area contributed by atoms with Crippen LogP contribution < -0.4 is 10.6 Å². The van der Waals surface area contributed by atoms with E-state index in [0.29, 0.717) is 12.5 Å². The van der Waals surface area contributed by atoms with E-state index in [2.05, 4.69) is 50.8 Å². The Morgan fingerprint density at radius 1 is 1.00 bits per heavy atom. The van der Waals surface area contributed by atoms with Crippen molar-refractivity contribution < 1.29 is 4.79 Å². The Bertz CT molecular complexity index is 536. The summed E-state index contributed by atoms with van der Waals surface area (Å²) in [6.45, 7) is 8.73. The molecule has 5 nitrogen and oxygen atoms in total. The molecule has 2 N–H and O–H groups in total. The van der Waals surface area contributed by atoms with E-state index in [4.69, 9.17) is 0 Å². The Balaban J connectivity index is 0.00000261. The predicted octanol–water partition coefficient (Wildman–Crippen LogP) is 3.11. The third-order valence-corrected chi connectivity index (χ3v) is 5.53. The van der Waals surface area contributed by atoms with E-state index in [0.717, 1.165) is 65.2 Å². The fourth-order valence-corrected chi connectivity index (χ4v) is 3.93. The number of hydrogen-bond acceptors (Lipinski definition) is 4. The molecule has 168 valence electrons. The molecule has 0 aliphatic carbocycles. The Kier molecular flexibility index (Phi) is 15.9. The van der Waals surface area contributed by atoms with Gasteiger partial charge in [-0.1, -0.05) is 30.3 Å². The van der Waals surface area contributed by atoms with Gasteiger partial charge in [0.05, 0.1) is 0 Å². The highest BCUT2D eigenvalue weighted by Crippen LogP contribution is 2.10. The molecule has 2 aliphatic rings. The lowest BCUT2D eigenvalue weighted by Gasteiger charge is -2.34. The zero-order chi connectivity index (χ0) is 18.0. The number of hydrogen-bond donors (Lipinski definition) is 2. The first-order valence-corrected chi connectivity index (χ1v) is 10.3. The minimum atomic E-state index is 0. The summed E-state index contributed by atoms with van der Waals surface area (Å²) in [6.07, 6.45) is 5.23. The van der Waals surface area contributed by atoms with Crippen LogP contribution in [0.5, 0.6) is 0 Å². The van der Waals surface area contributed by atoms with Gasteiger partial charge in [0, 0.05) is 51.7 Å². The van der Waals surface area contributed by atoms with Crippen molar-refractivity contribution in [2.75, 3.05) is 45.8 Å². The molecule has 1 amide bonds. The van der Waals surface area contributed by atoms with Crippen molar-refractivity contribution in [2.45, 2.75) is 44.7 Å². The molecule has 1 aromatic rings. The van der Waals surface area contributed by atoms with Crippen LogP contribution in [0, 0.1) is 0 Å². The van der Waals surface area contributed by atoms with Crippen molar-refractivity contribution in [1.29, 1.82) is 0 Å². The summed E-state index contributed by atoms with van der Waals surface area (Å²) in [4.78, 5) is 17.0. The maximum Gasteiger partial charge on any atom is 0.221 e. The van der Waals surface area contributed by atoms with Crippen LogP contribution in [0.15, 0.2) is 30.3 Å². The SMILES string of the molecule is Cl.Cl.Cl.O=C(CC1CCCN1)NCCCCN1CCN(Cc2ccccc2)CC1. The molecule has 2 fully saturated rings. The van der Waals surface area contributed by atoms with Gasteiger partial charge in [0.2, 0.25) is 5.91 Å². The lowest BCUT2D eigenvalue weighted by Crippen LogP contribution is -2.46. The average Bonchev–Trinajstić information content (AvgIpc) is 3.16. The van der Waals surface area contributed by atoms with Crippen LogP contribution in [-0.2, 0) is 11.3 Å². The zero-order valence-electron chi connectivity index (χ0n) is 17.2. The minimum Gasteiger partial charge on any atom is -0.356 e. The Labute approximate surface area is 194 Å². The van der Waals surface area contributed by atoms with Crippen molar-refractivity contribution in [3.05, 3.63) is 35.9 Å². The highest BCUT2D eigenvalue weighted by atomic mass is 35.5. The summed E-state index contributed by atoms with van der Waals surface area (Å²) < 4.78 is 0. The van der Waals surface area contributed by atoms with Crippen LogP contribution >= 0.6 is 37.2 Å². The molecule has 1 aromatic carbocycles. The Hall–Kier alpha value is -0.560. The maximum absolute atomic E-state index is 11.9. The van der Waals surface area contributed by atoms with E-state index >= 15 is 0 Å². The zero-order valence-corrected chi connectivity index (χ0v) is 19.6. The molecule has 0 bridgehead atoms. The molecular weight excluding hydrogens is 431 g/mol. The van der Waals surface area contributed by atoms with Gasteiger partial charge in [-0.15, -0.1) is 37.2 Å². The third kappa shape index (κ3) is 10.9. The number of amides is 1. The summed E-state index contributed by atoms with van der Waals surface area (Å²) in [6, 6.07) is 11.1. The topological polar surface area (TPSA) is 47.6 Å². The van der Waals surface area contributed by atoms with E-state index in [1.165, 1.54) is 18.4 Å². The van der Waals surface area contributed by atoms with E-state index in [1.807, 2.05) is 0 Å². The number of rotatable bonds is 9. The van der Waals surface area contributed by atoms with Gasteiger partial charge < -0.3 is 15.5 Å². The summed E-state index contributed by atoms with van der Waals surface area (Å²) in [7, 11) is 0. The smallest absolute Gasteiger partial charge is 0.221 e. The number of unbranched alkanes of at least 4 members (excludes halogenated alkanes) is 1. The molecule has 0 spiro atoms. The fourth-order valence-electron chi connectivity index (χ4n) is 3.93. The maximum atomic E-state index is 11.9. The molecule has 8 heteroatoms. The van der Waals surface area contributed by atoms with Gasteiger partial charge in [0.15, 0.2) is 0 Å². The van der Waals surface area contributed by atoms with Crippen molar-refractivity contribution >= 4 is 43.1 Å². The van der Waals surface area contributed by atoms with Crippen LogP contribution in [0.2, 0.25) is 0 Å². The molecule has 0 radical (unpaired) electrons.